The molecule has 0 aliphatic rings. The van der Waals surface area contributed by atoms with Crippen LogP contribution in [0.5, 0.6) is 6.01 Å². The van der Waals surface area contributed by atoms with E-state index in [9.17, 15) is 4.79 Å². The van der Waals surface area contributed by atoms with E-state index in [-0.39, 0.29) is 17.5 Å². The van der Waals surface area contributed by atoms with Gasteiger partial charge in [-0.2, -0.15) is 9.97 Å². The van der Waals surface area contributed by atoms with E-state index in [4.69, 9.17) is 15.2 Å². The molecule has 2 aromatic heterocycles. The number of nitrogens with two attached hydrogens (primary N) is 1. The van der Waals surface area contributed by atoms with E-state index in [1.54, 1.807) is 11.7 Å². The molecule has 1 aromatic carbocycles. The van der Waals surface area contributed by atoms with Gasteiger partial charge in [0.25, 0.3) is 0 Å². The van der Waals surface area contributed by atoms with Gasteiger partial charge in [-0.1, -0.05) is 175 Å². The van der Waals surface area contributed by atoms with Crippen molar-refractivity contribution < 1.29 is 9.47 Å². The molecule has 3 N–H and O–H groups in total. The number of hydrogen-bond donors (Lipinski definition) is 2. The van der Waals surface area contributed by atoms with Gasteiger partial charge in [-0.15, -0.1) is 0 Å². The molecular formula is C49H86N6O3. The number of aromatic amines is 1. The highest BCUT2D eigenvalue weighted by molar-refractivity contribution is 5.81. The highest BCUT2D eigenvalue weighted by Gasteiger charge is 2.16. The Labute approximate surface area is 354 Å². The smallest absolute Gasteiger partial charge is 0.328 e. The summed E-state index contributed by atoms with van der Waals surface area (Å²) in [5.74, 6) is 5.37. The Bertz CT molecular complexity index is 1570. The van der Waals surface area contributed by atoms with Gasteiger partial charge in [-0.25, -0.2) is 4.79 Å². The van der Waals surface area contributed by atoms with Crippen LogP contribution in [0.15, 0.2) is 29.1 Å². The molecule has 0 fully saturated rings. The van der Waals surface area contributed by atoms with Crippen molar-refractivity contribution in [2.75, 3.05) is 39.6 Å². The predicted molar refractivity (Wildman–Crippen MR) is 246 cm³/mol. The second-order valence-electron chi connectivity index (χ2n) is 19.1. The fourth-order valence-electron chi connectivity index (χ4n) is 8.52. The number of imidazole rings is 1. The largest absolute Gasteiger partial charge is 0.461 e. The highest BCUT2D eigenvalue weighted by atomic mass is 16.5. The molecule has 0 saturated carbocycles. The minimum Gasteiger partial charge on any atom is -0.461 e. The van der Waals surface area contributed by atoms with Crippen molar-refractivity contribution in [1.29, 1.82) is 0 Å². The summed E-state index contributed by atoms with van der Waals surface area (Å²) in [7, 11) is 3.81. The van der Waals surface area contributed by atoms with E-state index in [0.29, 0.717) is 30.9 Å². The van der Waals surface area contributed by atoms with Crippen LogP contribution in [-0.4, -0.2) is 58.3 Å². The number of benzene rings is 1. The molecule has 58 heavy (non-hydrogen) atoms. The summed E-state index contributed by atoms with van der Waals surface area (Å²) in [6.07, 6.45) is 25.1. The number of hydrogen-bond acceptors (Lipinski definition) is 7. The van der Waals surface area contributed by atoms with Crippen LogP contribution >= 0.6 is 0 Å². The molecule has 5 unspecified atom stereocenters. The van der Waals surface area contributed by atoms with Crippen LogP contribution in [0.3, 0.4) is 0 Å². The first-order chi connectivity index (χ1) is 27.8. The lowest BCUT2D eigenvalue weighted by Gasteiger charge is -2.19. The first-order valence-corrected chi connectivity index (χ1v) is 23.5. The average Bonchev–Trinajstić information content (AvgIpc) is 3.48. The van der Waals surface area contributed by atoms with Gasteiger partial charge in [0.2, 0.25) is 0 Å². The number of aromatic nitrogens is 4. The third-order valence-electron chi connectivity index (χ3n) is 12.5. The third-order valence-corrected chi connectivity index (χ3v) is 12.5. The number of ether oxygens (including phenoxy) is 2. The Morgan fingerprint density at radius 1 is 0.655 bits per heavy atom. The summed E-state index contributed by atoms with van der Waals surface area (Å²) in [5.41, 5.74) is 8.93. The molecule has 330 valence electrons. The van der Waals surface area contributed by atoms with Crippen LogP contribution < -0.4 is 16.2 Å². The van der Waals surface area contributed by atoms with E-state index in [1.807, 2.05) is 0 Å². The number of rotatable bonds is 33. The average molecular weight is 807 g/mol. The number of nitrogens with one attached hydrogen (secondary N) is 1. The Hall–Kier alpha value is -2.91. The van der Waals surface area contributed by atoms with E-state index in [0.717, 1.165) is 54.2 Å². The topological polar surface area (TPSA) is 111 Å². The lowest BCUT2D eigenvalue weighted by molar-refractivity contribution is 0.141. The zero-order chi connectivity index (χ0) is 42.3. The van der Waals surface area contributed by atoms with Crippen molar-refractivity contribution in [2.24, 2.45) is 35.5 Å². The second-order valence-corrected chi connectivity index (χ2v) is 19.1. The third kappa shape index (κ3) is 19.9. The summed E-state index contributed by atoms with van der Waals surface area (Å²) in [6, 6.07) is 8.60. The maximum atomic E-state index is 12.8. The Morgan fingerprint density at radius 3 is 1.62 bits per heavy atom. The van der Waals surface area contributed by atoms with Gasteiger partial charge in [0, 0.05) is 13.7 Å². The monoisotopic (exact) mass is 807 g/mol. The molecule has 0 aliphatic carbocycles. The fourth-order valence-corrected chi connectivity index (χ4v) is 8.52. The molecule has 5 atom stereocenters. The highest BCUT2D eigenvalue weighted by Crippen LogP contribution is 2.25. The quantitative estimate of drug-likeness (QED) is 0.0590. The van der Waals surface area contributed by atoms with Crippen LogP contribution in [0.4, 0.5) is 5.82 Å². The van der Waals surface area contributed by atoms with Crippen LogP contribution in [0.2, 0.25) is 0 Å². The van der Waals surface area contributed by atoms with Gasteiger partial charge in [0.05, 0.1) is 13.2 Å². The van der Waals surface area contributed by atoms with Gasteiger partial charge < -0.3 is 25.1 Å². The number of nitrogens with zero attached hydrogens (tertiary/aromatic N) is 4. The minimum absolute atomic E-state index is 0.127. The molecular weight excluding hydrogens is 721 g/mol. The first-order valence-electron chi connectivity index (χ1n) is 23.5. The van der Waals surface area contributed by atoms with Crippen molar-refractivity contribution >= 4 is 17.0 Å². The zero-order valence-electron chi connectivity index (χ0n) is 38.6. The summed E-state index contributed by atoms with van der Waals surface area (Å²) in [4.78, 5) is 26.6. The number of nitrogen functional groups attached to an aromatic ring is 1. The molecule has 9 nitrogen and oxygen atoms in total. The van der Waals surface area contributed by atoms with Crippen molar-refractivity contribution in [1.82, 2.24) is 24.4 Å². The predicted octanol–water partition coefficient (Wildman–Crippen LogP) is 12.1. The molecule has 3 aromatic rings. The number of H-pyrrole nitrogens is 1. The molecule has 9 heteroatoms. The first kappa shape index (κ1) is 49.5. The Balaban J connectivity index is 1.21. The molecule has 0 bridgehead atoms. The van der Waals surface area contributed by atoms with E-state index in [2.05, 4.69) is 99.6 Å². The van der Waals surface area contributed by atoms with Gasteiger partial charge in [0.15, 0.2) is 11.5 Å². The Kier molecular flexibility index (Phi) is 23.7. The van der Waals surface area contributed by atoms with Crippen molar-refractivity contribution in [3.8, 4) is 6.01 Å². The number of fused-ring (bicyclic) bond motifs is 1. The maximum absolute atomic E-state index is 12.8. The standard InChI is InChI=1S/C49H86N6O3/c1-37(2)17-12-20-40(5)23-13-21-38(3)18-10-11-19-39(4)22-14-24-41(6)25-15-26-42(7)27-16-32-54(8)35-43-28-30-44(31-29-43)36-55-47-45(51-49(55)56)46(50)52-48(53-47)58-34-33-57-9/h28-31,37-42H,10-27,32-36H2,1-9H3,(H,51,56)(H2,50,52,53). The molecule has 0 spiro atoms. The van der Waals surface area contributed by atoms with E-state index < -0.39 is 0 Å². The molecule has 0 radical (unpaired) electrons. The summed E-state index contributed by atoms with van der Waals surface area (Å²) < 4.78 is 12.2. The second kappa shape index (κ2) is 27.8. The van der Waals surface area contributed by atoms with Gasteiger partial charge in [-0.3, -0.25) is 4.57 Å². The van der Waals surface area contributed by atoms with Gasteiger partial charge in [0.1, 0.15) is 12.1 Å². The van der Waals surface area contributed by atoms with Gasteiger partial charge in [-0.05, 0) is 73.1 Å². The van der Waals surface area contributed by atoms with Gasteiger partial charge >= 0.3 is 11.7 Å². The summed E-state index contributed by atoms with van der Waals surface area (Å²) in [5, 5.41) is 0. The summed E-state index contributed by atoms with van der Waals surface area (Å²) in [6.45, 7) is 20.1. The van der Waals surface area contributed by atoms with E-state index >= 15 is 0 Å². The van der Waals surface area contributed by atoms with Crippen molar-refractivity contribution in [3.63, 3.8) is 0 Å². The molecule has 0 saturated heterocycles. The number of anilines is 1. The van der Waals surface area contributed by atoms with Crippen LogP contribution in [0, 0.1) is 35.5 Å². The zero-order valence-corrected chi connectivity index (χ0v) is 38.6. The summed E-state index contributed by atoms with van der Waals surface area (Å²) >= 11 is 0. The molecule has 3 rings (SSSR count). The molecule has 0 amide bonds. The molecule has 2 heterocycles. The maximum Gasteiger partial charge on any atom is 0.328 e. The Morgan fingerprint density at radius 2 is 1.12 bits per heavy atom. The normalized spacial score (nSPS) is 14.7. The lowest BCUT2D eigenvalue weighted by atomic mass is 9.89. The van der Waals surface area contributed by atoms with Crippen LogP contribution in [-0.2, 0) is 17.8 Å². The number of methoxy groups -OCH3 is 1. The lowest BCUT2D eigenvalue weighted by Crippen LogP contribution is -2.20. The van der Waals surface area contributed by atoms with Crippen molar-refractivity contribution in [3.05, 3.63) is 45.9 Å². The van der Waals surface area contributed by atoms with E-state index in [1.165, 1.54) is 121 Å². The van der Waals surface area contributed by atoms with Crippen LogP contribution in [0.1, 0.15) is 175 Å². The van der Waals surface area contributed by atoms with Crippen molar-refractivity contribution in [2.45, 2.75) is 177 Å². The number of unbranched alkanes of at least 4 members (excludes halogenated alkanes) is 1. The fraction of sp³-hybridized carbons (Fsp3) is 0.776. The minimum atomic E-state index is -0.280. The SMILES string of the molecule is COCCOc1nc(N)c2[nH]c(=O)n(Cc3ccc(CN(C)CCCC(C)CCCC(C)CCCC(C)CCCCC(C)CCCC(C)CCCC(C)C)cc3)c2n1. The molecule has 0 aliphatic heterocycles. The van der Waals surface area contributed by atoms with Crippen LogP contribution in [0.25, 0.3) is 11.2 Å².